The van der Waals surface area contributed by atoms with Crippen LogP contribution in [0.4, 0.5) is 0 Å². The van der Waals surface area contributed by atoms with Gasteiger partial charge in [0.25, 0.3) is 0 Å². The molecule has 0 radical (unpaired) electrons. The Morgan fingerprint density at radius 3 is 2.19 bits per heavy atom. The average molecular weight is 446 g/mol. The van der Waals surface area contributed by atoms with Crippen LogP contribution in [0.1, 0.15) is 37.8 Å². The zero-order chi connectivity index (χ0) is 22.5. The van der Waals surface area contributed by atoms with Crippen LogP contribution in [0, 0.1) is 0 Å². The summed E-state index contributed by atoms with van der Waals surface area (Å²) < 4.78 is 28.8. The minimum absolute atomic E-state index is 0.343. The highest BCUT2D eigenvalue weighted by atomic mass is 32.2. The summed E-state index contributed by atoms with van der Waals surface area (Å²) in [6.07, 6.45) is 5.07. The number of nitrogens with one attached hydrogen (secondary N) is 2. The molecule has 0 amide bonds. The van der Waals surface area contributed by atoms with E-state index in [2.05, 4.69) is 34.7 Å². The van der Waals surface area contributed by atoms with Crippen LogP contribution in [0.3, 0.4) is 0 Å². The van der Waals surface area contributed by atoms with E-state index in [0.717, 1.165) is 62.7 Å². The van der Waals surface area contributed by atoms with Crippen LogP contribution in [0.5, 0.6) is 5.75 Å². The van der Waals surface area contributed by atoms with Crippen LogP contribution < -0.4 is 15.4 Å². The van der Waals surface area contributed by atoms with Crippen LogP contribution >= 0.6 is 0 Å². The smallest absolute Gasteiger partial charge is 0.191 e. The van der Waals surface area contributed by atoms with E-state index in [1.165, 1.54) is 11.8 Å². The van der Waals surface area contributed by atoms with Gasteiger partial charge in [0.15, 0.2) is 15.8 Å². The van der Waals surface area contributed by atoms with E-state index in [-0.39, 0.29) is 0 Å². The van der Waals surface area contributed by atoms with Gasteiger partial charge in [-0.1, -0.05) is 37.6 Å². The van der Waals surface area contributed by atoms with Crippen molar-refractivity contribution >= 4 is 15.8 Å². The Morgan fingerprint density at radius 2 is 1.58 bits per heavy atom. The third kappa shape index (κ3) is 9.42. The van der Waals surface area contributed by atoms with Gasteiger partial charge in [-0.3, -0.25) is 4.99 Å². The van der Waals surface area contributed by atoms with E-state index >= 15 is 0 Å². The third-order valence-corrected chi connectivity index (χ3v) is 5.89. The number of rotatable bonds is 12. The number of sulfone groups is 1. The summed E-state index contributed by atoms with van der Waals surface area (Å²) in [5.41, 5.74) is 2.31. The number of hydrogen-bond donors (Lipinski definition) is 2. The second-order valence-electron chi connectivity index (χ2n) is 7.45. The van der Waals surface area contributed by atoms with Gasteiger partial charge in [-0.2, -0.15) is 0 Å². The van der Waals surface area contributed by atoms with Crippen molar-refractivity contribution in [1.82, 2.24) is 10.6 Å². The molecule has 0 aromatic heterocycles. The molecular formula is C24H35N3O3S. The molecule has 0 unspecified atom stereocenters. The Kier molecular flexibility index (Phi) is 10.4. The highest BCUT2D eigenvalue weighted by molar-refractivity contribution is 7.90. The Hall–Kier alpha value is -2.54. The molecule has 2 aromatic carbocycles. The molecule has 2 rings (SSSR count). The largest absolute Gasteiger partial charge is 0.494 e. The third-order valence-electron chi connectivity index (χ3n) is 4.76. The van der Waals surface area contributed by atoms with Crippen LogP contribution in [0.25, 0.3) is 0 Å². The Morgan fingerprint density at radius 1 is 0.935 bits per heavy atom. The summed E-state index contributed by atoms with van der Waals surface area (Å²) in [7, 11) is -3.16. The predicted octanol–water partition coefficient (Wildman–Crippen LogP) is 3.61. The fraction of sp³-hybridized carbons (Fsp3) is 0.458. The first-order valence-corrected chi connectivity index (χ1v) is 12.8. The van der Waals surface area contributed by atoms with Crippen molar-refractivity contribution < 1.29 is 13.2 Å². The molecule has 0 spiro atoms. The molecule has 2 aromatic rings. The zero-order valence-corrected chi connectivity index (χ0v) is 19.7. The molecule has 0 fully saturated rings. The first kappa shape index (κ1) is 24.7. The topological polar surface area (TPSA) is 79.8 Å². The van der Waals surface area contributed by atoms with Crippen LogP contribution in [0.15, 0.2) is 58.4 Å². The van der Waals surface area contributed by atoms with Crippen molar-refractivity contribution in [3.05, 3.63) is 59.7 Å². The summed E-state index contributed by atoms with van der Waals surface area (Å²) in [4.78, 5) is 4.97. The number of benzene rings is 2. The highest BCUT2D eigenvalue weighted by Gasteiger charge is 2.06. The molecule has 31 heavy (non-hydrogen) atoms. The van der Waals surface area contributed by atoms with Gasteiger partial charge in [0.2, 0.25) is 0 Å². The van der Waals surface area contributed by atoms with Crippen molar-refractivity contribution in [3.63, 3.8) is 0 Å². The van der Waals surface area contributed by atoms with E-state index in [9.17, 15) is 8.42 Å². The van der Waals surface area contributed by atoms with E-state index in [4.69, 9.17) is 4.74 Å². The fourth-order valence-corrected chi connectivity index (χ4v) is 3.58. The second-order valence-corrected chi connectivity index (χ2v) is 9.47. The summed E-state index contributed by atoms with van der Waals surface area (Å²) in [5.74, 6) is 1.71. The minimum Gasteiger partial charge on any atom is -0.494 e. The lowest BCUT2D eigenvalue weighted by atomic mass is 10.1. The quantitative estimate of drug-likeness (QED) is 0.296. The Bertz CT molecular complexity index is 908. The molecule has 0 saturated carbocycles. The molecule has 2 N–H and O–H groups in total. The summed E-state index contributed by atoms with van der Waals surface area (Å²) in [6.45, 7) is 7.16. The monoisotopic (exact) mass is 445 g/mol. The molecule has 0 saturated heterocycles. The number of aliphatic imine (C=N–C) groups is 1. The molecule has 0 heterocycles. The maximum absolute atomic E-state index is 11.5. The number of guanidine groups is 1. The molecule has 0 aliphatic heterocycles. The molecule has 0 aliphatic rings. The zero-order valence-electron chi connectivity index (χ0n) is 18.9. The summed E-state index contributed by atoms with van der Waals surface area (Å²) >= 11 is 0. The lowest BCUT2D eigenvalue weighted by Crippen LogP contribution is -2.38. The second kappa shape index (κ2) is 13.0. The summed E-state index contributed by atoms with van der Waals surface area (Å²) in [6, 6.07) is 15.3. The van der Waals surface area contributed by atoms with Crippen molar-refractivity contribution in [2.75, 3.05) is 32.5 Å². The van der Waals surface area contributed by atoms with Gasteiger partial charge in [0.1, 0.15) is 5.75 Å². The Labute approximate surface area is 187 Å². The molecular weight excluding hydrogens is 410 g/mol. The SMILES string of the molecule is CCCCOc1ccc(CCNC(=NCCc2ccc(S(C)(=O)=O)cc2)NCC)cc1. The fourth-order valence-electron chi connectivity index (χ4n) is 2.95. The normalized spacial score (nSPS) is 11.9. The molecule has 170 valence electrons. The number of hydrogen-bond acceptors (Lipinski definition) is 4. The Balaban J connectivity index is 1.79. The van der Waals surface area contributed by atoms with Crippen molar-refractivity contribution in [2.45, 2.75) is 44.4 Å². The predicted molar refractivity (Wildman–Crippen MR) is 128 cm³/mol. The van der Waals surface area contributed by atoms with Gasteiger partial charge in [-0.05, 0) is 61.6 Å². The average Bonchev–Trinajstić information content (AvgIpc) is 2.75. The van der Waals surface area contributed by atoms with E-state index in [0.29, 0.717) is 11.4 Å². The van der Waals surface area contributed by atoms with Gasteiger partial charge < -0.3 is 15.4 Å². The van der Waals surface area contributed by atoms with Gasteiger partial charge in [-0.15, -0.1) is 0 Å². The van der Waals surface area contributed by atoms with E-state index in [1.54, 1.807) is 12.1 Å². The van der Waals surface area contributed by atoms with Crippen molar-refractivity contribution in [1.29, 1.82) is 0 Å². The first-order chi connectivity index (χ1) is 14.9. The van der Waals surface area contributed by atoms with E-state index < -0.39 is 9.84 Å². The van der Waals surface area contributed by atoms with Gasteiger partial charge in [-0.25, -0.2) is 8.42 Å². The highest BCUT2D eigenvalue weighted by Crippen LogP contribution is 2.13. The summed E-state index contributed by atoms with van der Waals surface area (Å²) in [5, 5.41) is 6.63. The van der Waals surface area contributed by atoms with E-state index in [1.807, 2.05) is 31.2 Å². The lowest BCUT2D eigenvalue weighted by molar-refractivity contribution is 0.309. The lowest BCUT2D eigenvalue weighted by Gasteiger charge is -2.12. The maximum Gasteiger partial charge on any atom is 0.191 e. The van der Waals surface area contributed by atoms with Gasteiger partial charge in [0, 0.05) is 25.9 Å². The molecule has 6 nitrogen and oxygen atoms in total. The van der Waals surface area contributed by atoms with Crippen molar-refractivity contribution in [3.8, 4) is 5.75 Å². The number of ether oxygens (including phenoxy) is 1. The van der Waals surface area contributed by atoms with Crippen LogP contribution in [0.2, 0.25) is 0 Å². The minimum atomic E-state index is -3.16. The standard InChI is InChI=1S/C24H35N3O3S/c1-4-6-19-30-22-11-7-20(8-12-22)15-17-26-24(25-5-2)27-18-16-21-9-13-23(14-10-21)31(3,28)29/h7-14H,4-6,15-19H2,1-3H3,(H2,25,26,27). The molecule has 0 aliphatic carbocycles. The molecule has 0 bridgehead atoms. The van der Waals surface area contributed by atoms with Gasteiger partial charge >= 0.3 is 0 Å². The number of nitrogens with zero attached hydrogens (tertiary/aromatic N) is 1. The van der Waals surface area contributed by atoms with Crippen molar-refractivity contribution in [2.24, 2.45) is 4.99 Å². The van der Waals surface area contributed by atoms with Gasteiger partial charge in [0.05, 0.1) is 11.5 Å². The molecule has 0 atom stereocenters. The van der Waals surface area contributed by atoms with Crippen LogP contribution in [-0.2, 0) is 22.7 Å². The molecule has 7 heteroatoms. The number of unbranched alkanes of at least 4 members (excludes halogenated alkanes) is 1. The first-order valence-electron chi connectivity index (χ1n) is 10.9. The van der Waals surface area contributed by atoms with Crippen LogP contribution in [-0.4, -0.2) is 46.9 Å². The maximum atomic E-state index is 11.5.